The molecule has 0 spiro atoms. The summed E-state index contributed by atoms with van der Waals surface area (Å²) in [7, 11) is 2.83. The van der Waals surface area contributed by atoms with E-state index in [2.05, 4.69) is 0 Å². The van der Waals surface area contributed by atoms with Crippen LogP contribution in [0.5, 0.6) is 11.5 Å². The maximum absolute atomic E-state index is 11.9. The van der Waals surface area contributed by atoms with E-state index in [-0.39, 0.29) is 28.6 Å². The molecule has 0 heterocycles. The third-order valence-corrected chi connectivity index (χ3v) is 4.35. The smallest absolute Gasteiger partial charge is 0.336 e. The predicted octanol–water partition coefficient (Wildman–Crippen LogP) is 3.57. The molecule has 0 aliphatic heterocycles. The lowest BCUT2D eigenvalue weighted by Crippen LogP contribution is -2.08. The van der Waals surface area contributed by atoms with Crippen LogP contribution in [0, 0.1) is 0 Å². The van der Waals surface area contributed by atoms with Crippen LogP contribution in [0.4, 0.5) is 0 Å². The number of allylic oxidation sites excluding steroid dienone is 4. The maximum Gasteiger partial charge on any atom is 0.336 e. The lowest BCUT2D eigenvalue weighted by atomic mass is 9.88. The van der Waals surface area contributed by atoms with Gasteiger partial charge in [0.25, 0.3) is 0 Å². The van der Waals surface area contributed by atoms with Crippen molar-refractivity contribution in [1.82, 2.24) is 0 Å². The Hall–Kier alpha value is -3.80. The standard InChI is InChI=1S/C22H18O6/c1-27-19-11-13(7-9-17(19)23)21(14-8-10-18(24)20(12-14)28-2)15-5-3-4-6-16(15)22(25)26/h3-12,23H,1-2H3,(H,25,26)/b21-14+. The first kappa shape index (κ1) is 19.0. The minimum atomic E-state index is -1.08. The number of phenols is 1. The molecule has 2 N–H and O–H groups in total. The molecule has 0 unspecified atom stereocenters. The predicted molar refractivity (Wildman–Crippen MR) is 103 cm³/mol. The average molecular weight is 378 g/mol. The molecule has 0 amide bonds. The van der Waals surface area contributed by atoms with Crippen molar-refractivity contribution in [2.24, 2.45) is 0 Å². The second-order valence-corrected chi connectivity index (χ2v) is 5.98. The molecule has 0 saturated carbocycles. The van der Waals surface area contributed by atoms with Gasteiger partial charge in [-0.3, -0.25) is 4.79 Å². The second-order valence-electron chi connectivity index (χ2n) is 5.98. The number of carbonyl (C=O) groups excluding carboxylic acids is 1. The third kappa shape index (κ3) is 3.53. The zero-order valence-electron chi connectivity index (χ0n) is 15.3. The molecule has 0 atom stereocenters. The van der Waals surface area contributed by atoms with Crippen LogP contribution in [0.25, 0.3) is 5.57 Å². The fourth-order valence-corrected chi connectivity index (χ4v) is 3.02. The first-order chi connectivity index (χ1) is 13.5. The van der Waals surface area contributed by atoms with Gasteiger partial charge in [0, 0.05) is 0 Å². The number of carbonyl (C=O) groups is 2. The van der Waals surface area contributed by atoms with Gasteiger partial charge in [-0.2, -0.15) is 0 Å². The van der Waals surface area contributed by atoms with Gasteiger partial charge in [-0.1, -0.05) is 30.3 Å². The summed E-state index contributed by atoms with van der Waals surface area (Å²) in [6.07, 6.45) is 4.54. The summed E-state index contributed by atoms with van der Waals surface area (Å²) < 4.78 is 10.3. The minimum Gasteiger partial charge on any atom is -0.504 e. The molecular formula is C22H18O6. The molecule has 2 aromatic rings. The molecule has 3 rings (SSSR count). The minimum absolute atomic E-state index is 0.0374. The molecule has 142 valence electrons. The molecule has 1 aliphatic rings. The van der Waals surface area contributed by atoms with Crippen LogP contribution in [-0.4, -0.2) is 36.2 Å². The number of hydrogen-bond donors (Lipinski definition) is 2. The summed E-state index contributed by atoms with van der Waals surface area (Å²) in [4.78, 5) is 23.7. The zero-order chi connectivity index (χ0) is 20.3. The van der Waals surface area contributed by atoms with Crippen molar-refractivity contribution in [2.45, 2.75) is 0 Å². The third-order valence-electron chi connectivity index (χ3n) is 4.35. The van der Waals surface area contributed by atoms with E-state index < -0.39 is 5.97 Å². The first-order valence-electron chi connectivity index (χ1n) is 8.38. The monoisotopic (exact) mass is 378 g/mol. The number of ether oxygens (including phenoxy) is 2. The van der Waals surface area contributed by atoms with E-state index in [0.29, 0.717) is 22.3 Å². The van der Waals surface area contributed by atoms with Gasteiger partial charge in [0.15, 0.2) is 17.3 Å². The number of carboxylic acids is 1. The summed E-state index contributed by atoms with van der Waals surface area (Å²) >= 11 is 0. The van der Waals surface area contributed by atoms with Crippen molar-refractivity contribution in [3.8, 4) is 11.5 Å². The van der Waals surface area contributed by atoms with Crippen LogP contribution < -0.4 is 4.74 Å². The zero-order valence-corrected chi connectivity index (χ0v) is 15.3. The molecule has 2 aromatic carbocycles. The highest BCUT2D eigenvalue weighted by Gasteiger charge is 2.21. The van der Waals surface area contributed by atoms with Crippen LogP contribution in [0.3, 0.4) is 0 Å². The summed E-state index contributed by atoms with van der Waals surface area (Å²) in [5, 5.41) is 19.6. The van der Waals surface area contributed by atoms with E-state index in [1.54, 1.807) is 42.5 Å². The van der Waals surface area contributed by atoms with Crippen molar-refractivity contribution >= 4 is 17.3 Å². The number of methoxy groups -OCH3 is 2. The number of ketones is 1. The van der Waals surface area contributed by atoms with E-state index in [1.165, 1.54) is 32.4 Å². The highest BCUT2D eigenvalue weighted by molar-refractivity contribution is 6.06. The highest BCUT2D eigenvalue weighted by atomic mass is 16.5. The summed E-state index contributed by atoms with van der Waals surface area (Å²) in [6.45, 7) is 0. The molecular weight excluding hydrogens is 360 g/mol. The van der Waals surface area contributed by atoms with Crippen LogP contribution in [0.15, 0.2) is 72.0 Å². The van der Waals surface area contributed by atoms with Crippen LogP contribution in [0.2, 0.25) is 0 Å². The lowest BCUT2D eigenvalue weighted by molar-refractivity contribution is -0.114. The van der Waals surface area contributed by atoms with Crippen LogP contribution in [-0.2, 0) is 9.53 Å². The van der Waals surface area contributed by atoms with E-state index in [4.69, 9.17) is 9.47 Å². The van der Waals surface area contributed by atoms with Gasteiger partial charge in [0.1, 0.15) is 0 Å². The Morgan fingerprint density at radius 2 is 1.68 bits per heavy atom. The van der Waals surface area contributed by atoms with Gasteiger partial charge in [0.2, 0.25) is 5.78 Å². The highest BCUT2D eigenvalue weighted by Crippen LogP contribution is 2.36. The van der Waals surface area contributed by atoms with Gasteiger partial charge >= 0.3 is 5.97 Å². The van der Waals surface area contributed by atoms with Gasteiger partial charge in [-0.25, -0.2) is 4.79 Å². The fraction of sp³-hybridized carbons (Fsp3) is 0.0909. The van der Waals surface area contributed by atoms with Gasteiger partial charge < -0.3 is 19.7 Å². The molecule has 6 nitrogen and oxygen atoms in total. The largest absolute Gasteiger partial charge is 0.504 e. The average Bonchev–Trinajstić information content (AvgIpc) is 2.70. The molecule has 0 radical (unpaired) electrons. The first-order valence-corrected chi connectivity index (χ1v) is 8.38. The van der Waals surface area contributed by atoms with E-state index in [9.17, 15) is 19.8 Å². The summed E-state index contributed by atoms with van der Waals surface area (Å²) in [5.41, 5.74) is 2.34. The maximum atomic E-state index is 11.9. The summed E-state index contributed by atoms with van der Waals surface area (Å²) in [5.74, 6) is -1.000. The topological polar surface area (TPSA) is 93.1 Å². The number of aromatic hydroxyl groups is 1. The van der Waals surface area contributed by atoms with Crippen molar-refractivity contribution in [3.63, 3.8) is 0 Å². The van der Waals surface area contributed by atoms with E-state index in [1.807, 2.05) is 0 Å². The SMILES string of the molecule is COC1=C/C(=C(\c2ccc(O)c(OC)c2)c2ccccc2C(=O)O)C=CC1=O. The molecule has 6 heteroatoms. The molecule has 0 bridgehead atoms. The van der Waals surface area contributed by atoms with Crippen molar-refractivity contribution < 1.29 is 29.3 Å². The molecule has 0 fully saturated rings. The van der Waals surface area contributed by atoms with Crippen LogP contribution in [0.1, 0.15) is 21.5 Å². The van der Waals surface area contributed by atoms with Crippen LogP contribution >= 0.6 is 0 Å². The van der Waals surface area contributed by atoms with Gasteiger partial charge in [-0.15, -0.1) is 0 Å². The molecule has 1 aliphatic carbocycles. The number of rotatable bonds is 5. The molecule has 0 saturated heterocycles. The Morgan fingerprint density at radius 1 is 0.964 bits per heavy atom. The fourth-order valence-electron chi connectivity index (χ4n) is 3.02. The van der Waals surface area contributed by atoms with E-state index in [0.717, 1.165) is 0 Å². The Labute approximate surface area is 161 Å². The number of phenolic OH excluding ortho intramolecular Hbond substituents is 1. The van der Waals surface area contributed by atoms with Gasteiger partial charge in [0.05, 0.1) is 19.8 Å². The van der Waals surface area contributed by atoms with Crippen molar-refractivity contribution in [1.29, 1.82) is 0 Å². The normalized spacial score (nSPS) is 15.1. The molecule has 28 heavy (non-hydrogen) atoms. The van der Waals surface area contributed by atoms with Crippen molar-refractivity contribution in [2.75, 3.05) is 14.2 Å². The Bertz CT molecular complexity index is 1040. The number of hydrogen-bond acceptors (Lipinski definition) is 5. The Morgan fingerprint density at radius 3 is 2.32 bits per heavy atom. The van der Waals surface area contributed by atoms with E-state index >= 15 is 0 Å². The lowest BCUT2D eigenvalue weighted by Gasteiger charge is -2.17. The van der Waals surface area contributed by atoms with Crippen molar-refractivity contribution in [3.05, 3.63) is 88.7 Å². The Balaban J connectivity index is 2.35. The number of benzene rings is 2. The van der Waals surface area contributed by atoms with Gasteiger partial charge in [-0.05, 0) is 52.6 Å². The number of aromatic carboxylic acids is 1. The quantitative estimate of drug-likeness (QED) is 0.826. The summed E-state index contributed by atoms with van der Waals surface area (Å²) in [6, 6.07) is 11.3. The second kappa shape index (κ2) is 7.84. The molecule has 0 aromatic heterocycles. The number of carboxylic acid groups (broad SMARTS) is 1. The Kier molecular flexibility index (Phi) is 5.31.